The van der Waals surface area contributed by atoms with E-state index in [1.165, 1.54) is 14.2 Å². The molecule has 176 valence electrons. The zero-order valence-corrected chi connectivity index (χ0v) is 19.9. The molecule has 0 aromatic heterocycles. The van der Waals surface area contributed by atoms with Crippen LogP contribution in [-0.2, 0) is 9.59 Å². The lowest BCUT2D eigenvalue weighted by Gasteiger charge is -2.28. The van der Waals surface area contributed by atoms with E-state index in [2.05, 4.69) is 18.7 Å². The summed E-state index contributed by atoms with van der Waals surface area (Å²) in [7, 11) is 3.02. The monoisotopic (exact) mass is 452 g/mol. The average Bonchev–Trinajstić information content (AvgIpc) is 3.08. The lowest BCUT2D eigenvalue weighted by molar-refractivity contribution is -0.140. The van der Waals surface area contributed by atoms with Gasteiger partial charge in [-0.1, -0.05) is 43.7 Å². The molecule has 1 atom stereocenters. The summed E-state index contributed by atoms with van der Waals surface area (Å²) in [6.07, 6.45) is 0. The number of hydrogen-bond acceptors (Lipinski definition) is 6. The normalized spacial score (nSPS) is 17.6. The maximum Gasteiger partial charge on any atom is 0.295 e. The molecule has 7 heteroatoms. The van der Waals surface area contributed by atoms with E-state index in [9.17, 15) is 14.7 Å². The quantitative estimate of drug-likeness (QED) is 0.354. The van der Waals surface area contributed by atoms with E-state index in [4.69, 9.17) is 9.47 Å². The van der Waals surface area contributed by atoms with Crippen LogP contribution in [0.25, 0.3) is 5.76 Å². The van der Waals surface area contributed by atoms with Crippen molar-refractivity contribution in [2.24, 2.45) is 0 Å². The third kappa shape index (κ3) is 4.88. The van der Waals surface area contributed by atoms with Gasteiger partial charge in [0.25, 0.3) is 11.7 Å². The summed E-state index contributed by atoms with van der Waals surface area (Å²) >= 11 is 0. The van der Waals surface area contributed by atoms with Crippen molar-refractivity contribution in [2.45, 2.75) is 26.8 Å². The minimum Gasteiger partial charge on any atom is -0.507 e. The number of likely N-dealkylation sites (N-methyl/N-ethyl adjacent to an activating group) is 1. The Kier molecular flexibility index (Phi) is 7.76. The second-order valence-corrected chi connectivity index (χ2v) is 8.00. The van der Waals surface area contributed by atoms with Gasteiger partial charge in [-0.3, -0.25) is 9.59 Å². The molecule has 0 radical (unpaired) electrons. The van der Waals surface area contributed by atoms with Gasteiger partial charge in [0, 0.05) is 18.7 Å². The molecule has 0 saturated carbocycles. The molecule has 1 heterocycles. The number of amides is 1. The smallest absolute Gasteiger partial charge is 0.295 e. The van der Waals surface area contributed by atoms with E-state index in [0.717, 1.165) is 24.2 Å². The van der Waals surface area contributed by atoms with Crippen molar-refractivity contribution in [1.29, 1.82) is 0 Å². The molecule has 0 bridgehead atoms. The largest absolute Gasteiger partial charge is 0.507 e. The predicted octanol–water partition coefficient (Wildman–Crippen LogP) is 3.78. The molecule has 7 nitrogen and oxygen atoms in total. The molecule has 1 N–H and O–H groups in total. The number of hydrogen-bond donors (Lipinski definition) is 1. The summed E-state index contributed by atoms with van der Waals surface area (Å²) in [5, 5.41) is 11.3. The Hall–Kier alpha value is -3.32. The lowest BCUT2D eigenvalue weighted by atomic mass is 9.94. The van der Waals surface area contributed by atoms with Gasteiger partial charge < -0.3 is 24.4 Å². The summed E-state index contributed by atoms with van der Waals surface area (Å²) < 4.78 is 10.6. The van der Waals surface area contributed by atoms with E-state index in [0.29, 0.717) is 30.2 Å². The van der Waals surface area contributed by atoms with Crippen molar-refractivity contribution in [3.8, 4) is 11.5 Å². The summed E-state index contributed by atoms with van der Waals surface area (Å²) in [5.74, 6) is -0.594. The van der Waals surface area contributed by atoms with Crippen molar-refractivity contribution in [3.05, 3.63) is 64.7 Å². The van der Waals surface area contributed by atoms with Gasteiger partial charge in [-0.15, -0.1) is 0 Å². The van der Waals surface area contributed by atoms with Crippen LogP contribution in [0.2, 0.25) is 0 Å². The molecule has 33 heavy (non-hydrogen) atoms. The number of aliphatic hydroxyl groups is 1. The minimum absolute atomic E-state index is 0.0809. The average molecular weight is 453 g/mol. The number of rotatable bonds is 9. The Bertz CT molecular complexity index is 1060. The number of ether oxygens (including phenoxy) is 2. The SMILES string of the molecule is CCN(CC)CCN1C(=O)C(=O)/C(=C(\O)c2ccc(OC)c(OC)c2)C1c1cccc(C)c1. The number of nitrogens with zero attached hydrogens (tertiary/aromatic N) is 2. The molecule has 1 amide bonds. The Morgan fingerprint density at radius 1 is 1.03 bits per heavy atom. The highest BCUT2D eigenvalue weighted by atomic mass is 16.5. The summed E-state index contributed by atoms with van der Waals surface area (Å²) in [4.78, 5) is 30.0. The second kappa shape index (κ2) is 10.5. The third-order valence-electron chi connectivity index (χ3n) is 6.11. The molecule has 2 aromatic rings. The Balaban J connectivity index is 2.13. The molecular weight excluding hydrogens is 420 g/mol. The van der Waals surface area contributed by atoms with Crippen LogP contribution in [-0.4, -0.2) is 67.0 Å². The van der Waals surface area contributed by atoms with Crippen LogP contribution in [0, 0.1) is 6.92 Å². The van der Waals surface area contributed by atoms with Crippen molar-refractivity contribution >= 4 is 17.4 Å². The van der Waals surface area contributed by atoms with Gasteiger partial charge in [-0.25, -0.2) is 0 Å². The Morgan fingerprint density at radius 3 is 2.33 bits per heavy atom. The second-order valence-electron chi connectivity index (χ2n) is 8.00. The number of benzene rings is 2. The first-order chi connectivity index (χ1) is 15.9. The fourth-order valence-electron chi connectivity index (χ4n) is 4.23. The van der Waals surface area contributed by atoms with Crippen LogP contribution in [0.4, 0.5) is 0 Å². The fraction of sp³-hybridized carbons (Fsp3) is 0.385. The molecule has 1 saturated heterocycles. The van der Waals surface area contributed by atoms with E-state index in [1.54, 1.807) is 23.1 Å². The minimum atomic E-state index is -0.687. The van der Waals surface area contributed by atoms with Gasteiger partial charge in [-0.05, 0) is 43.8 Å². The summed E-state index contributed by atoms with van der Waals surface area (Å²) in [5.41, 5.74) is 2.26. The zero-order chi connectivity index (χ0) is 24.1. The predicted molar refractivity (Wildman–Crippen MR) is 128 cm³/mol. The maximum atomic E-state index is 13.2. The maximum absolute atomic E-state index is 13.2. The number of aliphatic hydroxyl groups excluding tert-OH is 1. The van der Waals surface area contributed by atoms with E-state index < -0.39 is 17.7 Å². The molecule has 1 aliphatic rings. The number of carbonyl (C=O) groups excluding carboxylic acids is 2. The van der Waals surface area contributed by atoms with Gasteiger partial charge in [0.2, 0.25) is 0 Å². The number of methoxy groups -OCH3 is 2. The number of aryl methyl sites for hydroxylation is 1. The van der Waals surface area contributed by atoms with Gasteiger partial charge in [0.15, 0.2) is 11.5 Å². The molecule has 1 aliphatic heterocycles. The van der Waals surface area contributed by atoms with Crippen LogP contribution in [0.15, 0.2) is 48.0 Å². The number of ketones is 1. The zero-order valence-electron chi connectivity index (χ0n) is 19.9. The topological polar surface area (TPSA) is 79.3 Å². The van der Waals surface area contributed by atoms with Crippen LogP contribution < -0.4 is 9.47 Å². The molecule has 2 aromatic carbocycles. The van der Waals surface area contributed by atoms with E-state index in [-0.39, 0.29) is 11.3 Å². The van der Waals surface area contributed by atoms with Crippen molar-refractivity contribution < 1.29 is 24.2 Å². The highest BCUT2D eigenvalue weighted by Crippen LogP contribution is 2.40. The van der Waals surface area contributed by atoms with Crippen molar-refractivity contribution in [2.75, 3.05) is 40.4 Å². The Morgan fingerprint density at radius 2 is 1.73 bits per heavy atom. The highest BCUT2D eigenvalue weighted by molar-refractivity contribution is 6.46. The lowest BCUT2D eigenvalue weighted by Crippen LogP contribution is -2.38. The first-order valence-corrected chi connectivity index (χ1v) is 11.2. The molecular formula is C26H32N2O5. The molecule has 3 rings (SSSR count). The van der Waals surface area contributed by atoms with Gasteiger partial charge in [-0.2, -0.15) is 0 Å². The fourth-order valence-corrected chi connectivity index (χ4v) is 4.23. The van der Waals surface area contributed by atoms with E-state index >= 15 is 0 Å². The van der Waals surface area contributed by atoms with Crippen LogP contribution in [0.5, 0.6) is 11.5 Å². The summed E-state index contributed by atoms with van der Waals surface area (Å²) in [6, 6.07) is 11.9. The van der Waals surface area contributed by atoms with Crippen LogP contribution >= 0.6 is 0 Å². The standard InChI is InChI=1S/C26H32N2O5/c1-6-27(7-2)13-14-28-23(18-10-8-9-17(3)15-18)22(25(30)26(28)31)24(29)19-11-12-20(32-4)21(16-19)33-5/h8-12,15-16,23,29H,6-7,13-14H2,1-5H3/b24-22-. The van der Waals surface area contributed by atoms with Crippen LogP contribution in [0.1, 0.15) is 36.6 Å². The van der Waals surface area contributed by atoms with E-state index in [1.807, 2.05) is 31.2 Å². The number of Topliss-reactive ketones (excluding diaryl/α,β-unsaturated/α-hetero) is 1. The highest BCUT2D eigenvalue weighted by Gasteiger charge is 2.46. The number of likely N-dealkylation sites (tertiary alicyclic amines) is 1. The van der Waals surface area contributed by atoms with Gasteiger partial charge >= 0.3 is 0 Å². The molecule has 0 aliphatic carbocycles. The third-order valence-corrected chi connectivity index (χ3v) is 6.11. The molecule has 0 spiro atoms. The van der Waals surface area contributed by atoms with Gasteiger partial charge in [0.1, 0.15) is 5.76 Å². The van der Waals surface area contributed by atoms with Crippen molar-refractivity contribution in [1.82, 2.24) is 9.80 Å². The Labute approximate surface area is 195 Å². The van der Waals surface area contributed by atoms with Crippen LogP contribution in [0.3, 0.4) is 0 Å². The van der Waals surface area contributed by atoms with Gasteiger partial charge in [0.05, 0.1) is 25.8 Å². The number of carbonyl (C=O) groups is 2. The molecule has 1 unspecified atom stereocenters. The summed E-state index contributed by atoms with van der Waals surface area (Å²) in [6.45, 7) is 8.80. The first-order valence-electron chi connectivity index (χ1n) is 11.2. The van der Waals surface area contributed by atoms with Crippen molar-refractivity contribution in [3.63, 3.8) is 0 Å². The molecule has 1 fully saturated rings. The first kappa shape index (κ1) is 24.3.